The first-order valence-electron chi connectivity index (χ1n) is 3.14. The first kappa shape index (κ1) is 7.68. The van der Waals surface area contributed by atoms with Crippen molar-refractivity contribution in [3.63, 3.8) is 0 Å². The minimum absolute atomic E-state index is 0.128. The van der Waals surface area contributed by atoms with Crippen LogP contribution in [0.1, 0.15) is 0 Å². The maximum Gasteiger partial charge on any atom is 0.326 e. The first-order valence-corrected chi connectivity index (χ1v) is 3.14. The van der Waals surface area contributed by atoms with Crippen LogP contribution in [0.3, 0.4) is 0 Å². The molecule has 0 aromatic carbocycles. The summed E-state index contributed by atoms with van der Waals surface area (Å²) in [5.41, 5.74) is 5.02. The molecule has 0 unspecified atom stereocenters. The quantitative estimate of drug-likeness (QED) is 0.603. The Kier molecular flexibility index (Phi) is 2.57. The minimum Gasteiger partial charge on any atom is -0.407 e. The van der Waals surface area contributed by atoms with Crippen LogP contribution in [-0.2, 0) is 4.79 Å². The molecular weight excluding hydrogens is 144 g/mol. The third kappa shape index (κ3) is 2.35. The van der Waals surface area contributed by atoms with Crippen LogP contribution in [0.5, 0.6) is 5.88 Å². The van der Waals surface area contributed by atoms with E-state index in [9.17, 15) is 4.79 Å². The molecule has 0 aliphatic rings. The predicted molar refractivity (Wildman–Crippen MR) is 38.9 cm³/mol. The highest BCUT2D eigenvalue weighted by molar-refractivity contribution is 5.73. The number of nitrogens with zero attached hydrogens (tertiary/aromatic N) is 1. The summed E-state index contributed by atoms with van der Waals surface area (Å²) >= 11 is 0. The van der Waals surface area contributed by atoms with Crippen LogP contribution in [0, 0.1) is 0 Å². The summed E-state index contributed by atoms with van der Waals surface area (Å²) in [6.45, 7) is -0.128. The molecule has 0 fully saturated rings. The second-order valence-electron chi connectivity index (χ2n) is 1.85. The molecule has 1 rings (SSSR count). The number of nitrogens with two attached hydrogens (primary N) is 1. The maximum atomic E-state index is 10.6. The Balaban J connectivity index is 2.58. The molecule has 58 valence electrons. The van der Waals surface area contributed by atoms with Crippen LogP contribution in [0.2, 0.25) is 0 Å². The molecule has 0 bridgehead atoms. The SMILES string of the molecule is NCC(=O)Oc1ccccn1. The molecular formula is C7H8N2O2. The highest BCUT2D eigenvalue weighted by Gasteiger charge is 1.99. The highest BCUT2D eigenvalue weighted by atomic mass is 16.5. The van der Waals surface area contributed by atoms with Gasteiger partial charge in [0.25, 0.3) is 0 Å². The van der Waals surface area contributed by atoms with Gasteiger partial charge in [-0.1, -0.05) is 6.07 Å². The molecule has 0 atom stereocenters. The van der Waals surface area contributed by atoms with E-state index in [4.69, 9.17) is 5.73 Å². The van der Waals surface area contributed by atoms with Crippen LogP contribution >= 0.6 is 0 Å². The number of rotatable bonds is 2. The van der Waals surface area contributed by atoms with Crippen LogP contribution in [-0.4, -0.2) is 17.5 Å². The van der Waals surface area contributed by atoms with Crippen LogP contribution < -0.4 is 10.5 Å². The summed E-state index contributed by atoms with van der Waals surface area (Å²) in [5, 5.41) is 0. The molecule has 1 aromatic heterocycles. The molecule has 4 heteroatoms. The lowest BCUT2D eigenvalue weighted by molar-refractivity contribution is -0.133. The van der Waals surface area contributed by atoms with Crippen LogP contribution in [0.15, 0.2) is 24.4 Å². The van der Waals surface area contributed by atoms with Crippen molar-refractivity contribution in [2.24, 2.45) is 5.73 Å². The van der Waals surface area contributed by atoms with Crippen molar-refractivity contribution < 1.29 is 9.53 Å². The van der Waals surface area contributed by atoms with Gasteiger partial charge in [-0.2, -0.15) is 0 Å². The number of esters is 1. The Morgan fingerprint density at radius 2 is 2.45 bits per heavy atom. The number of hydrogen-bond donors (Lipinski definition) is 1. The van der Waals surface area contributed by atoms with Gasteiger partial charge in [0.1, 0.15) is 0 Å². The third-order valence-corrected chi connectivity index (χ3v) is 1.02. The maximum absolute atomic E-state index is 10.6. The fraction of sp³-hybridized carbons (Fsp3) is 0.143. The lowest BCUT2D eigenvalue weighted by Gasteiger charge is -1.98. The van der Waals surface area contributed by atoms with Crippen molar-refractivity contribution >= 4 is 5.97 Å². The number of pyridine rings is 1. The van der Waals surface area contributed by atoms with E-state index >= 15 is 0 Å². The van der Waals surface area contributed by atoms with Gasteiger partial charge < -0.3 is 10.5 Å². The molecule has 4 nitrogen and oxygen atoms in total. The van der Waals surface area contributed by atoms with E-state index in [1.165, 1.54) is 0 Å². The number of ether oxygens (including phenoxy) is 1. The zero-order valence-electron chi connectivity index (χ0n) is 5.86. The molecule has 11 heavy (non-hydrogen) atoms. The third-order valence-electron chi connectivity index (χ3n) is 1.02. The summed E-state index contributed by atoms with van der Waals surface area (Å²) in [6, 6.07) is 5.06. The fourth-order valence-electron chi connectivity index (χ4n) is 0.566. The number of carbonyl (C=O) groups is 1. The molecule has 0 saturated heterocycles. The molecule has 1 aromatic rings. The molecule has 0 spiro atoms. The zero-order valence-corrected chi connectivity index (χ0v) is 5.86. The van der Waals surface area contributed by atoms with Gasteiger partial charge in [0.05, 0.1) is 6.54 Å². The van der Waals surface area contributed by atoms with Crippen molar-refractivity contribution in [2.75, 3.05) is 6.54 Å². The van der Waals surface area contributed by atoms with Gasteiger partial charge in [-0.3, -0.25) is 4.79 Å². The standard InChI is InChI=1S/C7H8N2O2/c8-5-7(10)11-6-3-1-2-4-9-6/h1-4H,5,8H2. The molecule has 0 amide bonds. The largest absolute Gasteiger partial charge is 0.407 e. The predicted octanol–water partition coefficient (Wildman–Crippen LogP) is -0.0543. The average molecular weight is 152 g/mol. The monoisotopic (exact) mass is 152 g/mol. The Hall–Kier alpha value is -1.42. The van der Waals surface area contributed by atoms with E-state index in [1.54, 1.807) is 24.4 Å². The highest BCUT2D eigenvalue weighted by Crippen LogP contribution is 2.02. The lowest BCUT2D eigenvalue weighted by Crippen LogP contribution is -2.19. The second kappa shape index (κ2) is 3.68. The van der Waals surface area contributed by atoms with E-state index in [1.807, 2.05) is 0 Å². The van der Waals surface area contributed by atoms with Gasteiger partial charge in [0, 0.05) is 12.3 Å². The zero-order chi connectivity index (χ0) is 8.10. The fourth-order valence-corrected chi connectivity index (χ4v) is 0.566. The van der Waals surface area contributed by atoms with Gasteiger partial charge in [0.2, 0.25) is 5.88 Å². The summed E-state index contributed by atoms with van der Waals surface area (Å²) in [6.07, 6.45) is 1.54. The van der Waals surface area contributed by atoms with Crippen molar-refractivity contribution in [1.82, 2.24) is 4.98 Å². The van der Waals surface area contributed by atoms with Crippen LogP contribution in [0.4, 0.5) is 0 Å². The number of carbonyl (C=O) groups excluding carboxylic acids is 1. The van der Waals surface area contributed by atoms with E-state index in [0.29, 0.717) is 0 Å². The average Bonchev–Trinajstić information content (AvgIpc) is 2.06. The number of hydrogen-bond acceptors (Lipinski definition) is 4. The molecule has 0 aliphatic heterocycles. The van der Waals surface area contributed by atoms with E-state index in [-0.39, 0.29) is 12.4 Å². The Morgan fingerprint density at radius 3 is 3.00 bits per heavy atom. The van der Waals surface area contributed by atoms with E-state index < -0.39 is 5.97 Å². The minimum atomic E-state index is -0.483. The number of aromatic nitrogens is 1. The van der Waals surface area contributed by atoms with Gasteiger partial charge in [-0.15, -0.1) is 0 Å². The molecule has 2 N–H and O–H groups in total. The summed E-state index contributed by atoms with van der Waals surface area (Å²) in [7, 11) is 0. The van der Waals surface area contributed by atoms with E-state index in [2.05, 4.69) is 9.72 Å². The van der Waals surface area contributed by atoms with Crippen LogP contribution in [0.25, 0.3) is 0 Å². The van der Waals surface area contributed by atoms with Gasteiger partial charge >= 0.3 is 5.97 Å². The summed E-state index contributed by atoms with van der Waals surface area (Å²) in [5.74, 6) is -0.202. The molecule has 1 heterocycles. The molecule has 0 radical (unpaired) electrons. The van der Waals surface area contributed by atoms with Crippen molar-refractivity contribution in [3.05, 3.63) is 24.4 Å². The summed E-state index contributed by atoms with van der Waals surface area (Å²) in [4.78, 5) is 14.4. The summed E-state index contributed by atoms with van der Waals surface area (Å²) < 4.78 is 4.69. The smallest absolute Gasteiger partial charge is 0.326 e. The Labute approximate surface area is 64.0 Å². The topological polar surface area (TPSA) is 65.2 Å². The van der Waals surface area contributed by atoms with Crippen molar-refractivity contribution in [2.45, 2.75) is 0 Å². The second-order valence-corrected chi connectivity index (χ2v) is 1.85. The molecule has 0 saturated carbocycles. The molecule has 0 aliphatic carbocycles. The lowest BCUT2D eigenvalue weighted by atomic mass is 10.5. The first-order chi connectivity index (χ1) is 5.33. The Morgan fingerprint density at radius 1 is 1.64 bits per heavy atom. The van der Waals surface area contributed by atoms with Crippen molar-refractivity contribution in [3.8, 4) is 5.88 Å². The Bertz CT molecular complexity index is 235. The van der Waals surface area contributed by atoms with E-state index in [0.717, 1.165) is 0 Å². The van der Waals surface area contributed by atoms with Gasteiger partial charge in [-0.25, -0.2) is 4.98 Å². The van der Waals surface area contributed by atoms with Crippen molar-refractivity contribution in [1.29, 1.82) is 0 Å². The van der Waals surface area contributed by atoms with Gasteiger partial charge in [-0.05, 0) is 6.07 Å². The normalized spacial score (nSPS) is 9.18. The van der Waals surface area contributed by atoms with Gasteiger partial charge in [0.15, 0.2) is 0 Å².